The summed E-state index contributed by atoms with van der Waals surface area (Å²) in [5.41, 5.74) is 0.260. The van der Waals surface area contributed by atoms with E-state index in [9.17, 15) is 19.5 Å². The SMILES string of the molecule is CCC1(C(=O)O)C=C(N(C)C)CN1C.O=C(O)C=CC(=O)O. The van der Waals surface area contributed by atoms with Crippen molar-refractivity contribution in [2.75, 3.05) is 27.7 Å². The second kappa shape index (κ2) is 8.18. The molecule has 0 aliphatic carbocycles. The molecule has 0 amide bonds. The van der Waals surface area contributed by atoms with Gasteiger partial charge in [0.1, 0.15) is 5.54 Å². The zero-order chi connectivity index (χ0) is 17.5. The van der Waals surface area contributed by atoms with Crippen molar-refractivity contribution in [2.45, 2.75) is 18.9 Å². The number of hydrogen-bond donors (Lipinski definition) is 3. The van der Waals surface area contributed by atoms with Crippen molar-refractivity contribution in [3.8, 4) is 0 Å². The molecule has 1 aliphatic rings. The number of hydrogen-bond acceptors (Lipinski definition) is 5. The van der Waals surface area contributed by atoms with Crippen LogP contribution in [0.3, 0.4) is 0 Å². The summed E-state index contributed by atoms with van der Waals surface area (Å²) in [7, 11) is 5.73. The molecule has 0 spiro atoms. The highest BCUT2D eigenvalue weighted by molar-refractivity contribution is 5.89. The minimum absolute atomic E-state index is 0.558. The first-order chi connectivity index (χ1) is 10.1. The van der Waals surface area contributed by atoms with E-state index < -0.39 is 23.4 Å². The van der Waals surface area contributed by atoms with Gasteiger partial charge in [0.05, 0.1) is 0 Å². The van der Waals surface area contributed by atoms with Crippen molar-refractivity contribution in [1.82, 2.24) is 9.80 Å². The first-order valence-electron chi connectivity index (χ1n) is 6.54. The summed E-state index contributed by atoms with van der Waals surface area (Å²) in [6.07, 6.45) is 3.57. The Balaban J connectivity index is 0.000000472. The van der Waals surface area contributed by atoms with Gasteiger partial charge in [-0.2, -0.15) is 0 Å². The number of carboxylic acids is 3. The highest BCUT2D eigenvalue weighted by Crippen LogP contribution is 2.29. The Labute approximate surface area is 128 Å². The second-order valence-electron chi connectivity index (χ2n) is 4.98. The van der Waals surface area contributed by atoms with Crippen molar-refractivity contribution in [3.63, 3.8) is 0 Å². The van der Waals surface area contributed by atoms with E-state index in [4.69, 9.17) is 10.2 Å². The number of aliphatic carboxylic acids is 3. The molecule has 0 aromatic heterocycles. The fourth-order valence-electron chi connectivity index (χ4n) is 1.98. The van der Waals surface area contributed by atoms with Gasteiger partial charge in [0.25, 0.3) is 0 Å². The van der Waals surface area contributed by atoms with E-state index in [2.05, 4.69) is 0 Å². The summed E-state index contributed by atoms with van der Waals surface area (Å²) in [6.45, 7) is 2.60. The molecule has 3 N–H and O–H groups in total. The van der Waals surface area contributed by atoms with E-state index in [-0.39, 0.29) is 0 Å². The molecular formula is C14H22N2O6. The normalized spacial score (nSPS) is 21.0. The molecule has 0 bridgehead atoms. The lowest BCUT2D eigenvalue weighted by molar-refractivity contribution is -0.146. The fourth-order valence-corrected chi connectivity index (χ4v) is 1.98. The third kappa shape index (κ3) is 5.21. The lowest BCUT2D eigenvalue weighted by Crippen LogP contribution is -2.47. The van der Waals surface area contributed by atoms with Gasteiger partial charge in [0, 0.05) is 38.5 Å². The van der Waals surface area contributed by atoms with Gasteiger partial charge < -0.3 is 20.2 Å². The third-order valence-electron chi connectivity index (χ3n) is 3.34. The number of rotatable bonds is 5. The number of likely N-dealkylation sites (N-methyl/N-ethyl adjacent to an activating group) is 2. The van der Waals surface area contributed by atoms with Crippen molar-refractivity contribution in [1.29, 1.82) is 0 Å². The molecule has 0 aromatic rings. The molecule has 1 heterocycles. The van der Waals surface area contributed by atoms with Crippen molar-refractivity contribution >= 4 is 17.9 Å². The molecule has 22 heavy (non-hydrogen) atoms. The summed E-state index contributed by atoms with van der Waals surface area (Å²) in [5.74, 6) is -3.28. The number of nitrogens with zero attached hydrogens (tertiary/aromatic N) is 2. The molecule has 0 radical (unpaired) electrons. The molecule has 0 aromatic carbocycles. The van der Waals surface area contributed by atoms with Gasteiger partial charge in [-0.05, 0) is 19.5 Å². The standard InChI is InChI=1S/C10H18N2O2.C4H4O4/c1-5-10(9(13)14)6-8(11(2)3)7-12(10)4;5-3(6)1-2-4(7)8/h6H,5,7H2,1-4H3,(H,13,14);1-2H,(H,5,6)(H,7,8). The summed E-state index contributed by atoms with van der Waals surface area (Å²) < 4.78 is 0. The molecule has 1 rings (SSSR count). The topological polar surface area (TPSA) is 118 Å². The Morgan fingerprint density at radius 3 is 1.86 bits per heavy atom. The first-order valence-corrected chi connectivity index (χ1v) is 6.54. The molecule has 1 aliphatic heterocycles. The molecule has 8 nitrogen and oxygen atoms in total. The largest absolute Gasteiger partial charge is 0.480 e. The van der Waals surface area contributed by atoms with Crippen LogP contribution in [0.5, 0.6) is 0 Å². The average molecular weight is 314 g/mol. The lowest BCUT2D eigenvalue weighted by atomic mass is 9.96. The Bertz CT molecular complexity index is 482. The van der Waals surface area contributed by atoms with Crippen LogP contribution in [-0.4, -0.2) is 76.3 Å². The van der Waals surface area contributed by atoms with Crippen molar-refractivity contribution < 1.29 is 29.7 Å². The van der Waals surface area contributed by atoms with Crippen molar-refractivity contribution in [3.05, 3.63) is 23.9 Å². The fraction of sp³-hybridized carbons (Fsp3) is 0.500. The van der Waals surface area contributed by atoms with Gasteiger partial charge >= 0.3 is 17.9 Å². The van der Waals surface area contributed by atoms with Gasteiger partial charge in [0.2, 0.25) is 0 Å². The van der Waals surface area contributed by atoms with Crippen LogP contribution in [0.4, 0.5) is 0 Å². The zero-order valence-electron chi connectivity index (χ0n) is 13.1. The Hall–Kier alpha value is -2.35. The summed E-state index contributed by atoms with van der Waals surface area (Å²) in [5, 5.41) is 24.9. The third-order valence-corrected chi connectivity index (χ3v) is 3.34. The van der Waals surface area contributed by atoms with Gasteiger partial charge in [-0.15, -0.1) is 0 Å². The minimum Gasteiger partial charge on any atom is -0.480 e. The first kappa shape index (κ1) is 19.7. The number of carboxylic acid groups (broad SMARTS) is 3. The van der Waals surface area contributed by atoms with Crippen LogP contribution in [0.2, 0.25) is 0 Å². The van der Waals surface area contributed by atoms with Gasteiger partial charge in [0.15, 0.2) is 0 Å². The van der Waals surface area contributed by atoms with E-state index in [1.807, 2.05) is 43.9 Å². The highest BCUT2D eigenvalue weighted by atomic mass is 16.4. The Morgan fingerprint density at radius 2 is 1.68 bits per heavy atom. The molecule has 1 atom stereocenters. The molecule has 0 fully saturated rings. The Kier molecular flexibility index (Phi) is 7.31. The second-order valence-corrected chi connectivity index (χ2v) is 4.98. The number of carbonyl (C=O) groups is 3. The maximum atomic E-state index is 11.2. The van der Waals surface area contributed by atoms with E-state index >= 15 is 0 Å². The van der Waals surface area contributed by atoms with E-state index in [1.54, 1.807) is 0 Å². The van der Waals surface area contributed by atoms with Crippen LogP contribution in [0.25, 0.3) is 0 Å². The van der Waals surface area contributed by atoms with Crippen LogP contribution >= 0.6 is 0 Å². The molecule has 124 valence electrons. The van der Waals surface area contributed by atoms with Crippen LogP contribution in [-0.2, 0) is 14.4 Å². The molecule has 0 saturated heterocycles. The van der Waals surface area contributed by atoms with Crippen LogP contribution in [0, 0.1) is 0 Å². The summed E-state index contributed by atoms with van der Waals surface area (Å²) in [4.78, 5) is 34.2. The lowest BCUT2D eigenvalue weighted by Gasteiger charge is -2.29. The predicted octanol–water partition coefficient (Wildman–Crippen LogP) is 0.323. The van der Waals surface area contributed by atoms with Crippen LogP contribution in [0.1, 0.15) is 13.3 Å². The van der Waals surface area contributed by atoms with Gasteiger partial charge in [-0.3, -0.25) is 4.90 Å². The maximum absolute atomic E-state index is 11.2. The van der Waals surface area contributed by atoms with Gasteiger partial charge in [-0.25, -0.2) is 14.4 Å². The monoisotopic (exact) mass is 314 g/mol. The zero-order valence-corrected chi connectivity index (χ0v) is 13.1. The Morgan fingerprint density at radius 1 is 1.23 bits per heavy atom. The quantitative estimate of drug-likeness (QED) is 0.621. The van der Waals surface area contributed by atoms with Gasteiger partial charge in [-0.1, -0.05) is 6.92 Å². The summed E-state index contributed by atoms with van der Waals surface area (Å²) >= 11 is 0. The van der Waals surface area contributed by atoms with E-state index in [0.29, 0.717) is 25.1 Å². The molecular weight excluding hydrogens is 292 g/mol. The maximum Gasteiger partial charge on any atom is 0.328 e. The van der Waals surface area contributed by atoms with Crippen LogP contribution in [0.15, 0.2) is 23.9 Å². The molecule has 1 unspecified atom stereocenters. The van der Waals surface area contributed by atoms with E-state index in [0.717, 1.165) is 5.70 Å². The summed E-state index contributed by atoms with van der Waals surface area (Å²) in [6, 6.07) is 0. The highest BCUT2D eigenvalue weighted by Gasteiger charge is 2.43. The van der Waals surface area contributed by atoms with Crippen molar-refractivity contribution in [2.24, 2.45) is 0 Å². The average Bonchev–Trinajstić information content (AvgIpc) is 2.75. The van der Waals surface area contributed by atoms with E-state index in [1.165, 1.54) is 0 Å². The predicted molar refractivity (Wildman–Crippen MR) is 79.5 cm³/mol. The van der Waals surface area contributed by atoms with Crippen LogP contribution < -0.4 is 0 Å². The molecule has 0 saturated carbocycles. The minimum atomic E-state index is -1.26. The molecule has 8 heteroatoms. The smallest absolute Gasteiger partial charge is 0.328 e.